The molecule has 0 unspecified atom stereocenters. The van der Waals surface area contributed by atoms with Crippen LogP contribution in [0.5, 0.6) is 0 Å². The highest BCUT2D eigenvalue weighted by Crippen LogP contribution is 2.29. The van der Waals surface area contributed by atoms with E-state index in [1.165, 1.54) is 14.2 Å². The second kappa shape index (κ2) is 10.9. The highest BCUT2D eigenvalue weighted by Gasteiger charge is 2.24. The molecule has 1 aromatic rings. The Labute approximate surface area is 182 Å². The second-order valence-corrected chi connectivity index (χ2v) is 7.54. The summed E-state index contributed by atoms with van der Waals surface area (Å²) in [6.45, 7) is 5.40. The van der Waals surface area contributed by atoms with Crippen LogP contribution in [-0.2, 0) is 9.47 Å². The van der Waals surface area contributed by atoms with E-state index in [9.17, 15) is 14.4 Å². The minimum atomic E-state index is -0.601. The summed E-state index contributed by atoms with van der Waals surface area (Å²) < 4.78 is 9.61. The molecule has 0 bridgehead atoms. The summed E-state index contributed by atoms with van der Waals surface area (Å²) in [6, 6.07) is 5.35. The van der Waals surface area contributed by atoms with Gasteiger partial charge < -0.3 is 29.5 Å². The molecule has 0 radical (unpaired) electrons. The SMILES string of the molecule is COC(=O)Nc1cc(C(=O)N2CCCNCC2)ccc1N1CCCN(C(=O)OC)CC1. The van der Waals surface area contributed by atoms with Crippen molar-refractivity contribution in [1.82, 2.24) is 15.1 Å². The van der Waals surface area contributed by atoms with E-state index in [4.69, 9.17) is 9.47 Å². The van der Waals surface area contributed by atoms with E-state index in [1.54, 1.807) is 17.0 Å². The van der Waals surface area contributed by atoms with Gasteiger partial charge in [-0.3, -0.25) is 10.1 Å². The third-order valence-corrected chi connectivity index (χ3v) is 5.56. The standard InChI is InChI=1S/C21H31N5O5/c1-30-20(28)23-17-15-16(19(27)25-9-3-7-22-8-12-25)5-6-18(17)24-10-4-11-26(14-13-24)21(29)31-2/h5-6,15,22H,3-4,7-14H2,1-2H3,(H,23,28). The van der Waals surface area contributed by atoms with Crippen LogP contribution < -0.4 is 15.5 Å². The van der Waals surface area contributed by atoms with Crippen molar-refractivity contribution in [2.45, 2.75) is 12.8 Å². The monoisotopic (exact) mass is 433 g/mol. The largest absolute Gasteiger partial charge is 0.453 e. The summed E-state index contributed by atoms with van der Waals surface area (Å²) in [6.07, 6.45) is 0.717. The first-order valence-electron chi connectivity index (χ1n) is 10.6. The van der Waals surface area contributed by atoms with E-state index in [0.717, 1.165) is 31.6 Å². The van der Waals surface area contributed by atoms with E-state index >= 15 is 0 Å². The molecule has 3 amide bonds. The number of ether oxygens (including phenoxy) is 2. The molecule has 170 valence electrons. The molecule has 0 aliphatic carbocycles. The highest BCUT2D eigenvalue weighted by atomic mass is 16.5. The van der Waals surface area contributed by atoms with Gasteiger partial charge in [0.1, 0.15) is 0 Å². The molecule has 0 spiro atoms. The van der Waals surface area contributed by atoms with Crippen LogP contribution in [0, 0.1) is 0 Å². The number of anilines is 2. The molecule has 10 heteroatoms. The van der Waals surface area contributed by atoms with Gasteiger partial charge in [-0.25, -0.2) is 9.59 Å². The Morgan fingerprint density at radius 1 is 0.903 bits per heavy atom. The van der Waals surface area contributed by atoms with Gasteiger partial charge >= 0.3 is 12.2 Å². The molecule has 0 atom stereocenters. The van der Waals surface area contributed by atoms with Gasteiger partial charge in [0.25, 0.3) is 5.91 Å². The molecule has 2 heterocycles. The first-order valence-corrected chi connectivity index (χ1v) is 10.6. The quantitative estimate of drug-likeness (QED) is 0.746. The molecule has 2 fully saturated rings. The van der Waals surface area contributed by atoms with Gasteiger partial charge in [0, 0.05) is 51.4 Å². The Hall–Kier alpha value is -3.01. The Balaban J connectivity index is 1.83. The van der Waals surface area contributed by atoms with Gasteiger partial charge in [0.05, 0.1) is 25.6 Å². The number of rotatable bonds is 3. The van der Waals surface area contributed by atoms with Gasteiger partial charge in [0.15, 0.2) is 0 Å². The lowest BCUT2D eigenvalue weighted by Crippen LogP contribution is -2.35. The van der Waals surface area contributed by atoms with Gasteiger partial charge in [-0.2, -0.15) is 0 Å². The summed E-state index contributed by atoms with van der Waals surface area (Å²) in [5.74, 6) is -0.0594. The summed E-state index contributed by atoms with van der Waals surface area (Å²) in [5.41, 5.74) is 1.81. The van der Waals surface area contributed by atoms with Crippen LogP contribution in [0.1, 0.15) is 23.2 Å². The number of nitrogens with zero attached hydrogens (tertiary/aromatic N) is 3. The van der Waals surface area contributed by atoms with Crippen molar-refractivity contribution in [1.29, 1.82) is 0 Å². The molecular formula is C21H31N5O5. The molecule has 2 saturated heterocycles. The van der Waals surface area contributed by atoms with Gasteiger partial charge in [-0.05, 0) is 37.6 Å². The zero-order chi connectivity index (χ0) is 22.2. The van der Waals surface area contributed by atoms with E-state index in [2.05, 4.69) is 15.5 Å². The molecule has 0 aromatic heterocycles. The first kappa shape index (κ1) is 22.7. The fourth-order valence-electron chi connectivity index (χ4n) is 3.91. The van der Waals surface area contributed by atoms with Crippen molar-refractivity contribution in [3.63, 3.8) is 0 Å². The number of nitrogens with one attached hydrogen (secondary N) is 2. The summed E-state index contributed by atoms with van der Waals surface area (Å²) >= 11 is 0. The van der Waals surface area contributed by atoms with Crippen molar-refractivity contribution in [3.8, 4) is 0 Å². The molecule has 0 saturated carbocycles. The van der Waals surface area contributed by atoms with Crippen molar-refractivity contribution in [3.05, 3.63) is 23.8 Å². The topological polar surface area (TPSA) is 103 Å². The van der Waals surface area contributed by atoms with Crippen molar-refractivity contribution in [2.75, 3.05) is 76.8 Å². The maximum Gasteiger partial charge on any atom is 0.411 e. The molecule has 1 aromatic carbocycles. The van der Waals surface area contributed by atoms with Crippen LogP contribution in [0.2, 0.25) is 0 Å². The molecule has 2 aliphatic rings. The number of amides is 3. The van der Waals surface area contributed by atoms with Gasteiger partial charge in [-0.15, -0.1) is 0 Å². The van der Waals surface area contributed by atoms with Crippen LogP contribution in [0.4, 0.5) is 21.0 Å². The zero-order valence-electron chi connectivity index (χ0n) is 18.2. The number of carbonyl (C=O) groups is 3. The number of benzene rings is 1. The minimum absolute atomic E-state index is 0.0594. The fourth-order valence-corrected chi connectivity index (χ4v) is 3.91. The van der Waals surface area contributed by atoms with E-state index in [1.807, 2.05) is 11.0 Å². The van der Waals surface area contributed by atoms with E-state index in [0.29, 0.717) is 50.5 Å². The highest BCUT2D eigenvalue weighted by molar-refractivity contribution is 5.98. The number of hydrogen-bond donors (Lipinski definition) is 2. The smallest absolute Gasteiger partial charge is 0.411 e. The summed E-state index contributed by atoms with van der Waals surface area (Å²) in [7, 11) is 2.67. The van der Waals surface area contributed by atoms with Crippen molar-refractivity contribution < 1.29 is 23.9 Å². The molecule has 3 rings (SSSR count). The molecular weight excluding hydrogens is 402 g/mol. The van der Waals surface area contributed by atoms with Gasteiger partial charge in [0.2, 0.25) is 0 Å². The average molecular weight is 434 g/mol. The average Bonchev–Trinajstić information content (AvgIpc) is 3.21. The lowest BCUT2D eigenvalue weighted by Gasteiger charge is -2.27. The molecule has 2 aliphatic heterocycles. The zero-order valence-corrected chi connectivity index (χ0v) is 18.2. The third-order valence-electron chi connectivity index (χ3n) is 5.56. The third kappa shape index (κ3) is 5.78. The van der Waals surface area contributed by atoms with Crippen LogP contribution >= 0.6 is 0 Å². The molecule has 10 nitrogen and oxygen atoms in total. The minimum Gasteiger partial charge on any atom is -0.453 e. The van der Waals surface area contributed by atoms with Gasteiger partial charge in [-0.1, -0.05) is 0 Å². The van der Waals surface area contributed by atoms with Crippen molar-refractivity contribution in [2.24, 2.45) is 0 Å². The van der Waals surface area contributed by atoms with Crippen LogP contribution in [0.15, 0.2) is 18.2 Å². The Bertz CT molecular complexity index is 794. The maximum absolute atomic E-state index is 13.0. The Morgan fingerprint density at radius 2 is 1.71 bits per heavy atom. The predicted octanol–water partition coefficient (Wildman–Crippen LogP) is 1.58. The van der Waals surface area contributed by atoms with Crippen LogP contribution in [0.25, 0.3) is 0 Å². The van der Waals surface area contributed by atoms with E-state index in [-0.39, 0.29) is 12.0 Å². The second-order valence-electron chi connectivity index (χ2n) is 7.54. The van der Waals surface area contributed by atoms with Crippen LogP contribution in [0.3, 0.4) is 0 Å². The summed E-state index contributed by atoms with van der Waals surface area (Å²) in [4.78, 5) is 42.5. The lowest BCUT2D eigenvalue weighted by atomic mass is 10.1. The number of methoxy groups -OCH3 is 2. The van der Waals surface area contributed by atoms with Crippen LogP contribution in [-0.4, -0.2) is 94.5 Å². The maximum atomic E-state index is 13.0. The lowest BCUT2D eigenvalue weighted by molar-refractivity contribution is 0.0766. The summed E-state index contributed by atoms with van der Waals surface area (Å²) in [5, 5.41) is 6.03. The Kier molecular flexibility index (Phi) is 7.94. The van der Waals surface area contributed by atoms with Crippen molar-refractivity contribution >= 4 is 29.5 Å². The first-order chi connectivity index (χ1) is 15.0. The fraction of sp³-hybridized carbons (Fsp3) is 0.571. The Morgan fingerprint density at radius 3 is 2.48 bits per heavy atom. The molecule has 2 N–H and O–H groups in total. The van der Waals surface area contributed by atoms with E-state index < -0.39 is 6.09 Å². The number of carbonyl (C=O) groups excluding carboxylic acids is 3. The number of hydrogen-bond acceptors (Lipinski definition) is 7. The molecule has 31 heavy (non-hydrogen) atoms. The predicted molar refractivity (Wildman–Crippen MR) is 117 cm³/mol. The normalized spacial score (nSPS) is 17.4.